The van der Waals surface area contributed by atoms with Gasteiger partial charge in [-0.15, -0.1) is 0 Å². The molecule has 0 radical (unpaired) electrons. The second kappa shape index (κ2) is 12.8. The van der Waals surface area contributed by atoms with Gasteiger partial charge in [-0.25, -0.2) is 9.59 Å². The van der Waals surface area contributed by atoms with Gasteiger partial charge in [-0.05, 0) is 67.4 Å². The molecule has 3 amide bonds. The van der Waals surface area contributed by atoms with Crippen LogP contribution in [0.4, 0.5) is 9.59 Å². The van der Waals surface area contributed by atoms with Gasteiger partial charge in [0.25, 0.3) is 0 Å². The molecule has 6 aliphatic rings. The number of carbonyl (C=O) groups is 3. The first-order valence-corrected chi connectivity index (χ1v) is 17.2. The highest BCUT2D eigenvalue weighted by Gasteiger charge is 2.69. The Morgan fingerprint density at radius 2 is 1.60 bits per heavy atom. The molecule has 0 aromatic heterocycles. The van der Waals surface area contributed by atoms with E-state index < -0.39 is 19.3 Å². The molecule has 2 unspecified atom stereocenters. The zero-order chi connectivity index (χ0) is 32.8. The Morgan fingerprint density at radius 1 is 0.915 bits per heavy atom. The number of amides is 3. The number of ether oxygens (including phenoxy) is 2. The topological polar surface area (TPSA) is 97.9 Å². The average Bonchev–Trinajstić information content (AvgIpc) is 3.84. The van der Waals surface area contributed by atoms with Crippen LogP contribution < -0.4 is 0 Å². The zero-order valence-electron chi connectivity index (χ0n) is 27.7. The number of hydrogen-bond donors (Lipinski definition) is 0. The zero-order valence-corrected chi connectivity index (χ0v) is 27.7. The third kappa shape index (κ3) is 6.12. The fraction of sp³-hybridized carbons (Fsp3) is 0.583. The van der Waals surface area contributed by atoms with E-state index in [0.717, 1.165) is 30.4 Å². The lowest BCUT2D eigenvalue weighted by Crippen LogP contribution is -2.65. The minimum atomic E-state index is -0.573. The van der Waals surface area contributed by atoms with Gasteiger partial charge in [-0.3, -0.25) is 9.69 Å². The Balaban J connectivity index is 1.02. The second-order valence-corrected chi connectivity index (χ2v) is 14.7. The van der Waals surface area contributed by atoms with Crippen LogP contribution in [0.25, 0.3) is 0 Å². The van der Waals surface area contributed by atoms with Crippen molar-refractivity contribution in [3.8, 4) is 0 Å². The molecule has 2 aromatic carbocycles. The van der Waals surface area contributed by atoms with Crippen molar-refractivity contribution in [2.75, 3.05) is 26.2 Å². The van der Waals surface area contributed by atoms with Crippen LogP contribution in [-0.2, 0) is 36.8 Å². The fourth-order valence-electron chi connectivity index (χ4n) is 8.80. The van der Waals surface area contributed by atoms with E-state index in [4.69, 9.17) is 18.8 Å². The van der Waals surface area contributed by atoms with Gasteiger partial charge in [0.2, 0.25) is 5.91 Å². The molecule has 2 aromatic rings. The molecule has 3 saturated carbocycles. The summed E-state index contributed by atoms with van der Waals surface area (Å²) in [6.45, 7) is 8.26. The fourth-order valence-corrected chi connectivity index (χ4v) is 8.80. The van der Waals surface area contributed by atoms with E-state index in [0.29, 0.717) is 31.3 Å². The van der Waals surface area contributed by atoms with Crippen molar-refractivity contribution in [2.24, 2.45) is 17.3 Å². The summed E-state index contributed by atoms with van der Waals surface area (Å²) in [4.78, 5) is 45.6. The van der Waals surface area contributed by atoms with Gasteiger partial charge in [0.1, 0.15) is 19.8 Å². The summed E-state index contributed by atoms with van der Waals surface area (Å²) in [5.74, 6) is 0.715. The van der Waals surface area contributed by atoms with Crippen LogP contribution in [0.3, 0.4) is 0 Å². The number of rotatable bonds is 8. The molecule has 6 atom stereocenters. The van der Waals surface area contributed by atoms with Crippen molar-refractivity contribution < 1.29 is 33.2 Å². The van der Waals surface area contributed by atoms with Gasteiger partial charge >= 0.3 is 19.3 Å². The molecule has 2 bridgehead atoms. The van der Waals surface area contributed by atoms with Crippen LogP contribution in [0.2, 0.25) is 0 Å². The molecule has 0 N–H and O–H groups in total. The number of hydrogen-bond acceptors (Lipinski definition) is 7. The first-order valence-electron chi connectivity index (χ1n) is 17.2. The molecule has 6 fully saturated rings. The monoisotopic (exact) mass is 643 g/mol. The van der Waals surface area contributed by atoms with Crippen molar-refractivity contribution in [3.05, 3.63) is 71.8 Å². The van der Waals surface area contributed by atoms with Crippen molar-refractivity contribution >= 4 is 25.2 Å². The molecule has 3 heterocycles. The van der Waals surface area contributed by atoms with Gasteiger partial charge in [0.15, 0.2) is 0 Å². The normalized spacial score (nSPS) is 30.4. The van der Waals surface area contributed by atoms with Crippen molar-refractivity contribution in [3.63, 3.8) is 0 Å². The molecule has 3 saturated heterocycles. The van der Waals surface area contributed by atoms with Crippen molar-refractivity contribution in [2.45, 2.75) is 89.8 Å². The maximum atomic E-state index is 14.1. The van der Waals surface area contributed by atoms with Gasteiger partial charge in [0, 0.05) is 19.6 Å². The smallest absolute Gasteiger partial charge is 0.445 e. The van der Waals surface area contributed by atoms with E-state index in [9.17, 15) is 14.4 Å². The summed E-state index contributed by atoms with van der Waals surface area (Å²) in [6.07, 6.45) is 3.35. The number of likely N-dealkylation sites (tertiary alicyclic amines) is 2. The quantitative estimate of drug-likeness (QED) is 0.361. The summed E-state index contributed by atoms with van der Waals surface area (Å²) in [5.41, 5.74) is 1.64. The Morgan fingerprint density at radius 3 is 2.28 bits per heavy atom. The SMILES string of the molecule is CC1(C)C2CC3OB([C@@H]4CCCN4C(=O)CN(C(=O)OCc4ccccc4)[C@@H]4CCN(C(=O)OCc5ccccc5)C4)O[C@@]3(C)[C@H]1C2. The molecular formula is C36H46BN3O7. The summed E-state index contributed by atoms with van der Waals surface area (Å²) >= 11 is 0. The highest BCUT2D eigenvalue weighted by atomic mass is 16.7. The molecule has 10 nitrogen and oxygen atoms in total. The minimum Gasteiger partial charge on any atom is -0.445 e. The van der Waals surface area contributed by atoms with E-state index in [1.807, 2.05) is 65.6 Å². The summed E-state index contributed by atoms with van der Waals surface area (Å²) in [6, 6.07) is 18.6. The van der Waals surface area contributed by atoms with Gasteiger partial charge in [0.05, 0.1) is 23.7 Å². The standard InChI is InChI=1S/C36H46BN3O7/c1-35(2)27-19-29(35)36(3)30(20-27)46-37(47-36)31-15-10-17-39(31)32(41)22-40(34(43)45-24-26-13-8-5-9-14-26)28-16-18-38(21-28)33(42)44-23-25-11-6-4-7-12-25/h4-9,11-14,27-31H,10,15-24H2,1-3H3/t27?,28-,29+,30?,31+,36+/m1/s1. The molecule has 11 heteroatoms. The van der Waals surface area contributed by atoms with E-state index in [2.05, 4.69) is 20.8 Å². The molecular weight excluding hydrogens is 597 g/mol. The maximum absolute atomic E-state index is 14.1. The lowest BCUT2D eigenvalue weighted by atomic mass is 9.43. The predicted octanol–water partition coefficient (Wildman–Crippen LogP) is 5.29. The Hall–Kier alpha value is -3.57. The van der Waals surface area contributed by atoms with E-state index in [1.165, 1.54) is 11.3 Å². The second-order valence-electron chi connectivity index (χ2n) is 14.7. The first kappa shape index (κ1) is 32.0. The molecule has 47 heavy (non-hydrogen) atoms. The average molecular weight is 644 g/mol. The Labute approximate surface area is 277 Å². The van der Waals surface area contributed by atoms with E-state index in [1.54, 1.807) is 4.90 Å². The van der Waals surface area contributed by atoms with Crippen LogP contribution in [0.15, 0.2) is 60.7 Å². The number of carbonyl (C=O) groups excluding carboxylic acids is 3. The van der Waals surface area contributed by atoms with Crippen LogP contribution in [0.5, 0.6) is 0 Å². The third-order valence-corrected chi connectivity index (χ3v) is 11.7. The lowest BCUT2D eigenvalue weighted by Gasteiger charge is -2.64. The van der Waals surface area contributed by atoms with Gasteiger partial charge < -0.3 is 28.6 Å². The van der Waals surface area contributed by atoms with Crippen molar-refractivity contribution in [1.82, 2.24) is 14.7 Å². The number of benzene rings is 2. The highest BCUT2D eigenvalue weighted by Crippen LogP contribution is 2.66. The largest absolute Gasteiger partial charge is 0.481 e. The van der Waals surface area contributed by atoms with Crippen LogP contribution in [0.1, 0.15) is 64.0 Å². The predicted molar refractivity (Wildman–Crippen MR) is 175 cm³/mol. The van der Waals surface area contributed by atoms with E-state index in [-0.39, 0.29) is 61.3 Å². The third-order valence-electron chi connectivity index (χ3n) is 11.7. The summed E-state index contributed by atoms with van der Waals surface area (Å²) < 4.78 is 24.6. The maximum Gasteiger partial charge on any atom is 0.481 e. The lowest BCUT2D eigenvalue weighted by molar-refractivity contribution is -0.199. The van der Waals surface area contributed by atoms with Crippen LogP contribution in [-0.4, -0.2) is 89.8 Å². The first-order chi connectivity index (χ1) is 22.6. The van der Waals surface area contributed by atoms with Crippen LogP contribution >= 0.6 is 0 Å². The van der Waals surface area contributed by atoms with E-state index >= 15 is 0 Å². The van der Waals surface area contributed by atoms with Gasteiger partial charge in [-0.1, -0.05) is 74.5 Å². The summed E-state index contributed by atoms with van der Waals surface area (Å²) in [5, 5.41) is 0. The molecule has 3 aliphatic carbocycles. The highest BCUT2D eigenvalue weighted by molar-refractivity contribution is 6.48. The van der Waals surface area contributed by atoms with Gasteiger partial charge in [-0.2, -0.15) is 0 Å². The Bertz CT molecular complexity index is 1460. The van der Waals surface area contributed by atoms with Crippen LogP contribution in [0, 0.1) is 17.3 Å². The molecule has 3 aliphatic heterocycles. The molecule has 8 rings (SSSR count). The minimum absolute atomic E-state index is 0.0393. The summed E-state index contributed by atoms with van der Waals surface area (Å²) in [7, 11) is -0.480. The molecule has 250 valence electrons. The Kier molecular flexibility index (Phi) is 8.72. The number of nitrogens with zero attached hydrogens (tertiary/aromatic N) is 3. The van der Waals surface area contributed by atoms with Crippen molar-refractivity contribution in [1.29, 1.82) is 0 Å². The molecule has 0 spiro atoms.